The highest BCUT2D eigenvalue weighted by Gasteiger charge is 2.41. The highest BCUT2D eigenvalue weighted by atomic mass is 32.2. The number of unbranched alkanes of at least 4 members (excludes halogenated alkanes) is 5. The van der Waals surface area contributed by atoms with E-state index < -0.39 is 39.1 Å². The second-order valence-corrected chi connectivity index (χ2v) is 5.98. The lowest BCUT2D eigenvalue weighted by atomic mass is 9.88. The number of hydrogen-bond donors (Lipinski definition) is 3. The van der Waals surface area contributed by atoms with Crippen LogP contribution in [0.1, 0.15) is 58.3 Å². The van der Waals surface area contributed by atoms with Gasteiger partial charge in [-0.25, -0.2) is 4.79 Å². The van der Waals surface area contributed by atoms with Crippen molar-refractivity contribution in [3.05, 3.63) is 0 Å². The smallest absolute Gasteiger partial charge is 0.329 e. The number of nitrogens with two attached hydrogens (primary N) is 1. The summed E-state index contributed by atoms with van der Waals surface area (Å²) in [4.78, 5) is 21.3. The van der Waals surface area contributed by atoms with Crippen molar-refractivity contribution in [3.63, 3.8) is 0 Å². The Labute approximate surface area is 125 Å². The van der Waals surface area contributed by atoms with Crippen molar-refractivity contribution in [2.75, 3.05) is 0 Å². The molecule has 7 nitrogen and oxygen atoms in total. The van der Waals surface area contributed by atoms with Gasteiger partial charge in [-0.15, -0.1) is 0 Å². The lowest BCUT2D eigenvalue weighted by Gasteiger charge is -2.24. The summed E-state index contributed by atoms with van der Waals surface area (Å²) in [6, 6.07) is 0. The molecule has 0 radical (unpaired) electrons. The molecule has 1 atom stereocenters. The van der Waals surface area contributed by atoms with E-state index in [9.17, 15) is 23.1 Å². The molecule has 0 saturated carbocycles. The van der Waals surface area contributed by atoms with E-state index in [1.165, 1.54) is 0 Å². The van der Waals surface area contributed by atoms with E-state index in [2.05, 4.69) is 6.92 Å². The highest BCUT2D eigenvalue weighted by molar-refractivity contribution is 7.73. The van der Waals surface area contributed by atoms with Crippen molar-refractivity contribution in [1.29, 1.82) is 0 Å². The summed E-state index contributed by atoms with van der Waals surface area (Å²) < 4.78 is 22.2. The van der Waals surface area contributed by atoms with E-state index in [1.54, 1.807) is 0 Å². The van der Waals surface area contributed by atoms with Gasteiger partial charge in [0.25, 0.3) is 0 Å². The summed E-state index contributed by atoms with van der Waals surface area (Å²) in [6.45, 7) is 2.08. The minimum atomic E-state index is -2.94. The highest BCUT2D eigenvalue weighted by Crippen LogP contribution is 2.18. The third-order valence-electron chi connectivity index (χ3n) is 3.32. The number of carbonyl (C=O) groups is 2. The van der Waals surface area contributed by atoms with Crippen LogP contribution in [0, 0.1) is 0 Å². The van der Waals surface area contributed by atoms with Gasteiger partial charge in [0.05, 0.1) is 11.3 Å². The molecule has 8 heteroatoms. The summed E-state index contributed by atoms with van der Waals surface area (Å²) in [7, 11) is -2.94. The van der Waals surface area contributed by atoms with Gasteiger partial charge in [-0.1, -0.05) is 45.4 Å². The van der Waals surface area contributed by atoms with Gasteiger partial charge in [-0.3, -0.25) is 4.79 Å². The van der Waals surface area contributed by atoms with Crippen molar-refractivity contribution < 1.29 is 28.2 Å². The van der Waals surface area contributed by atoms with Gasteiger partial charge in [0.1, 0.15) is 0 Å². The van der Waals surface area contributed by atoms with Crippen LogP contribution in [0.2, 0.25) is 0 Å². The Kier molecular flexibility index (Phi) is 8.87. The molecule has 0 heterocycles. The maximum atomic E-state index is 11.3. The molecule has 0 spiro atoms. The summed E-state index contributed by atoms with van der Waals surface area (Å²) in [5, 5.41) is 17.9. The fourth-order valence-electron chi connectivity index (χ4n) is 2.05. The molecule has 0 aromatic rings. The van der Waals surface area contributed by atoms with E-state index in [1.807, 2.05) is 0 Å². The summed E-state index contributed by atoms with van der Waals surface area (Å²) in [5.74, 6) is -2.94. The van der Waals surface area contributed by atoms with Gasteiger partial charge >= 0.3 is 11.9 Å². The monoisotopic (exact) mass is 321 g/mol. The molecule has 21 heavy (non-hydrogen) atoms. The minimum absolute atomic E-state index is 0.0922. The normalized spacial score (nSPS) is 13.4. The third-order valence-corrected chi connectivity index (χ3v) is 4.23. The first kappa shape index (κ1) is 19.6. The number of aliphatic carboxylic acids is 2. The lowest BCUT2D eigenvalue weighted by Crippen LogP contribution is -2.55. The molecule has 0 fully saturated rings. The number of rotatable bonds is 11. The SMILES string of the molecule is CCCCCCCCC(N)(C(=O)O)C(CC(=O)O)=S(=O)=O. The molecular weight excluding hydrogens is 298 g/mol. The van der Waals surface area contributed by atoms with Crippen molar-refractivity contribution in [3.8, 4) is 0 Å². The average molecular weight is 321 g/mol. The van der Waals surface area contributed by atoms with Crippen LogP contribution in [0.3, 0.4) is 0 Å². The molecule has 1 unspecified atom stereocenters. The van der Waals surface area contributed by atoms with Crippen LogP contribution < -0.4 is 5.73 Å². The predicted octanol–water partition coefficient (Wildman–Crippen LogP) is 1.05. The van der Waals surface area contributed by atoms with E-state index in [-0.39, 0.29) is 6.42 Å². The molecule has 0 aliphatic heterocycles. The van der Waals surface area contributed by atoms with E-state index in [0.717, 1.165) is 32.1 Å². The molecule has 0 saturated heterocycles. The first-order valence-corrected chi connectivity index (χ1v) is 8.02. The van der Waals surface area contributed by atoms with Crippen molar-refractivity contribution >= 4 is 27.1 Å². The Balaban J connectivity index is 4.87. The zero-order valence-electron chi connectivity index (χ0n) is 12.2. The fraction of sp³-hybridized carbons (Fsp3) is 0.769. The Morgan fingerprint density at radius 3 is 2.00 bits per heavy atom. The summed E-state index contributed by atoms with van der Waals surface area (Å²) in [5.41, 5.74) is 3.54. The average Bonchev–Trinajstić information content (AvgIpc) is 2.39. The molecule has 0 amide bonds. The van der Waals surface area contributed by atoms with E-state index >= 15 is 0 Å². The number of carboxylic acid groups (broad SMARTS) is 2. The van der Waals surface area contributed by atoms with Crippen LogP contribution in [0.4, 0.5) is 0 Å². The molecule has 122 valence electrons. The molecule has 0 bridgehead atoms. The second-order valence-electron chi connectivity index (χ2n) is 5.02. The maximum Gasteiger partial charge on any atom is 0.329 e. The van der Waals surface area contributed by atoms with E-state index in [4.69, 9.17) is 10.8 Å². The molecule has 4 N–H and O–H groups in total. The Hall–Kier alpha value is -1.41. The van der Waals surface area contributed by atoms with Crippen molar-refractivity contribution in [2.45, 2.75) is 63.8 Å². The van der Waals surface area contributed by atoms with Gasteiger partial charge in [0.15, 0.2) is 5.54 Å². The third kappa shape index (κ3) is 6.72. The van der Waals surface area contributed by atoms with Crippen LogP contribution in [0.25, 0.3) is 0 Å². The maximum absolute atomic E-state index is 11.3. The van der Waals surface area contributed by atoms with Crippen molar-refractivity contribution in [1.82, 2.24) is 0 Å². The molecule has 0 aliphatic carbocycles. The van der Waals surface area contributed by atoms with Gasteiger partial charge in [0, 0.05) is 0 Å². The standard InChI is InChI=1S/C13H23NO6S/c1-2-3-4-5-6-7-8-13(14,12(17)18)10(21(19)20)9-11(15)16/h2-9,14H2,1H3,(H,15,16)(H,17,18). The van der Waals surface area contributed by atoms with Crippen LogP contribution >= 0.6 is 0 Å². The Morgan fingerprint density at radius 2 is 1.57 bits per heavy atom. The number of carboxylic acids is 2. The van der Waals surface area contributed by atoms with E-state index in [0.29, 0.717) is 6.42 Å². The van der Waals surface area contributed by atoms with Gasteiger partial charge in [-0.05, 0) is 6.42 Å². The van der Waals surface area contributed by atoms with Gasteiger partial charge < -0.3 is 15.9 Å². The largest absolute Gasteiger partial charge is 0.481 e. The molecule has 0 aliphatic rings. The number of hydrogen-bond acceptors (Lipinski definition) is 5. The van der Waals surface area contributed by atoms with Gasteiger partial charge in [-0.2, -0.15) is 8.42 Å². The Morgan fingerprint density at radius 1 is 1.05 bits per heavy atom. The van der Waals surface area contributed by atoms with Crippen molar-refractivity contribution in [2.24, 2.45) is 5.73 Å². The summed E-state index contributed by atoms with van der Waals surface area (Å²) >= 11 is 0. The van der Waals surface area contributed by atoms with Crippen LogP contribution in [0.15, 0.2) is 0 Å². The minimum Gasteiger partial charge on any atom is -0.481 e. The van der Waals surface area contributed by atoms with Gasteiger partial charge in [0.2, 0.25) is 10.3 Å². The zero-order chi connectivity index (χ0) is 16.5. The van der Waals surface area contributed by atoms with Crippen LogP contribution in [0.5, 0.6) is 0 Å². The van der Waals surface area contributed by atoms with Crippen LogP contribution in [-0.2, 0) is 19.9 Å². The molecule has 0 aromatic carbocycles. The molecule has 0 aromatic heterocycles. The molecular formula is C13H23NO6S. The van der Waals surface area contributed by atoms with Crippen LogP contribution in [-0.4, -0.2) is 41.0 Å². The topological polar surface area (TPSA) is 135 Å². The zero-order valence-corrected chi connectivity index (χ0v) is 13.0. The first-order chi connectivity index (χ1) is 9.75. The first-order valence-electron chi connectivity index (χ1n) is 6.95. The predicted molar refractivity (Wildman–Crippen MR) is 78.7 cm³/mol. The Bertz CT molecular complexity index is 491. The summed E-state index contributed by atoms with van der Waals surface area (Å²) in [6.07, 6.45) is 4.30. The lowest BCUT2D eigenvalue weighted by molar-refractivity contribution is -0.140. The molecule has 0 rings (SSSR count). The second kappa shape index (κ2) is 9.51. The fourth-order valence-corrected chi connectivity index (χ4v) is 2.78. The quantitative estimate of drug-likeness (QED) is 0.382.